The van der Waals surface area contributed by atoms with E-state index in [2.05, 4.69) is 9.88 Å². The molecule has 5 heteroatoms. The van der Waals surface area contributed by atoms with E-state index in [1.807, 2.05) is 38.1 Å². The fraction of sp³-hybridized carbons (Fsp3) is 0.476. The van der Waals surface area contributed by atoms with E-state index in [4.69, 9.17) is 11.6 Å². The molecule has 0 bridgehead atoms. The fourth-order valence-corrected chi connectivity index (χ4v) is 4.23. The Kier molecular flexibility index (Phi) is 6.05. The number of halogens is 1. The van der Waals surface area contributed by atoms with Gasteiger partial charge in [0.05, 0.1) is 5.56 Å². The van der Waals surface area contributed by atoms with E-state index in [1.54, 1.807) is 0 Å². The first-order valence-corrected chi connectivity index (χ1v) is 9.75. The number of nitrogens with zero attached hydrogens (tertiary/aromatic N) is 1. The number of aromatic carboxylic acids is 1. The molecule has 0 spiro atoms. The third-order valence-corrected chi connectivity index (χ3v) is 5.95. The standard InChI is InChI=1S/C21H27ClN2O2/c1-14-18(12-23-17-9-4-3-5-10-17)20(21(25)26)15(2)24(14)13-16-8-6-7-11-19(16)22/h6-8,11,17,23H,3-5,9-10,12-13H2,1-2H3,(H,25,26). The minimum absolute atomic E-state index is 0.429. The van der Waals surface area contributed by atoms with Crippen molar-refractivity contribution < 1.29 is 9.90 Å². The smallest absolute Gasteiger partial charge is 0.337 e. The van der Waals surface area contributed by atoms with Crippen molar-refractivity contribution in [2.45, 2.75) is 65.1 Å². The number of aromatic nitrogens is 1. The monoisotopic (exact) mass is 374 g/mol. The molecule has 0 saturated heterocycles. The van der Waals surface area contributed by atoms with Crippen LogP contribution in [0.1, 0.15) is 65.0 Å². The molecule has 0 radical (unpaired) electrons. The average molecular weight is 375 g/mol. The van der Waals surface area contributed by atoms with Crippen LogP contribution in [0, 0.1) is 13.8 Å². The van der Waals surface area contributed by atoms with Crippen LogP contribution in [0.2, 0.25) is 5.02 Å². The van der Waals surface area contributed by atoms with Crippen LogP contribution in [0.4, 0.5) is 0 Å². The molecule has 1 aliphatic rings. The third kappa shape index (κ3) is 3.97. The molecule has 2 N–H and O–H groups in total. The zero-order chi connectivity index (χ0) is 18.7. The molecule has 1 aliphatic carbocycles. The number of hydrogen-bond acceptors (Lipinski definition) is 2. The lowest BCUT2D eigenvalue weighted by molar-refractivity contribution is 0.0694. The second-order valence-electron chi connectivity index (χ2n) is 7.22. The Hall–Kier alpha value is -1.78. The molecule has 140 valence electrons. The van der Waals surface area contributed by atoms with Crippen molar-refractivity contribution in [2.75, 3.05) is 0 Å². The number of nitrogens with one attached hydrogen (secondary N) is 1. The van der Waals surface area contributed by atoms with E-state index < -0.39 is 5.97 Å². The van der Waals surface area contributed by atoms with Gasteiger partial charge in [-0.1, -0.05) is 49.1 Å². The highest BCUT2D eigenvalue weighted by atomic mass is 35.5. The van der Waals surface area contributed by atoms with Gasteiger partial charge in [0.25, 0.3) is 0 Å². The topological polar surface area (TPSA) is 54.3 Å². The lowest BCUT2D eigenvalue weighted by Gasteiger charge is -2.23. The molecule has 4 nitrogen and oxygen atoms in total. The molecule has 1 aromatic heterocycles. The van der Waals surface area contributed by atoms with Crippen molar-refractivity contribution in [1.82, 2.24) is 9.88 Å². The van der Waals surface area contributed by atoms with Crippen LogP contribution in [0.25, 0.3) is 0 Å². The van der Waals surface area contributed by atoms with Crippen LogP contribution >= 0.6 is 11.6 Å². The highest BCUT2D eigenvalue weighted by Gasteiger charge is 2.24. The zero-order valence-electron chi connectivity index (χ0n) is 15.5. The Balaban J connectivity index is 1.88. The summed E-state index contributed by atoms with van der Waals surface area (Å²) in [7, 11) is 0. The van der Waals surface area contributed by atoms with Crippen LogP contribution in [-0.2, 0) is 13.1 Å². The lowest BCUT2D eigenvalue weighted by Crippen LogP contribution is -2.31. The van der Waals surface area contributed by atoms with Gasteiger partial charge >= 0.3 is 5.97 Å². The first kappa shape index (κ1) is 19.0. The van der Waals surface area contributed by atoms with Gasteiger partial charge in [0.2, 0.25) is 0 Å². The van der Waals surface area contributed by atoms with Gasteiger partial charge in [-0.05, 0) is 38.3 Å². The summed E-state index contributed by atoms with van der Waals surface area (Å²) in [5, 5.41) is 14.1. The second-order valence-corrected chi connectivity index (χ2v) is 7.63. The summed E-state index contributed by atoms with van der Waals surface area (Å²) in [4.78, 5) is 11.9. The summed E-state index contributed by atoms with van der Waals surface area (Å²) in [5.41, 5.74) is 4.11. The van der Waals surface area contributed by atoms with Crippen molar-refractivity contribution in [1.29, 1.82) is 0 Å². The predicted octanol–water partition coefficient (Wildman–Crippen LogP) is 4.93. The highest BCUT2D eigenvalue weighted by Crippen LogP contribution is 2.26. The Morgan fingerprint density at radius 3 is 2.54 bits per heavy atom. The van der Waals surface area contributed by atoms with Crippen LogP contribution in [0.3, 0.4) is 0 Å². The number of carbonyl (C=O) groups is 1. The molecule has 0 atom stereocenters. The summed E-state index contributed by atoms with van der Waals surface area (Å²) < 4.78 is 2.07. The SMILES string of the molecule is Cc1c(CNC2CCCCC2)c(C(=O)O)c(C)n1Cc1ccccc1Cl. The summed E-state index contributed by atoms with van der Waals surface area (Å²) in [5.74, 6) is -0.857. The van der Waals surface area contributed by atoms with Crippen LogP contribution < -0.4 is 5.32 Å². The maximum atomic E-state index is 11.9. The molecule has 0 unspecified atom stereocenters. The number of rotatable bonds is 6. The van der Waals surface area contributed by atoms with Gasteiger partial charge in [-0.25, -0.2) is 4.79 Å². The Labute approximate surface area is 160 Å². The van der Waals surface area contributed by atoms with Crippen LogP contribution in [0.5, 0.6) is 0 Å². The molecule has 1 heterocycles. The quantitative estimate of drug-likeness (QED) is 0.753. The second kappa shape index (κ2) is 8.28. The maximum absolute atomic E-state index is 11.9. The first-order chi connectivity index (χ1) is 12.5. The molecule has 0 aliphatic heterocycles. The van der Waals surface area contributed by atoms with Gasteiger partial charge < -0.3 is 15.0 Å². The maximum Gasteiger partial charge on any atom is 0.337 e. The van der Waals surface area contributed by atoms with Gasteiger partial charge in [-0.2, -0.15) is 0 Å². The van der Waals surface area contributed by atoms with Gasteiger partial charge in [0, 0.05) is 41.1 Å². The molecule has 1 aromatic carbocycles. The van der Waals surface area contributed by atoms with E-state index >= 15 is 0 Å². The van der Waals surface area contributed by atoms with Gasteiger partial charge in [0.15, 0.2) is 0 Å². The van der Waals surface area contributed by atoms with E-state index in [1.165, 1.54) is 32.1 Å². The highest BCUT2D eigenvalue weighted by molar-refractivity contribution is 6.31. The van der Waals surface area contributed by atoms with Crippen molar-refractivity contribution in [2.24, 2.45) is 0 Å². The minimum atomic E-state index is -0.857. The van der Waals surface area contributed by atoms with Crippen molar-refractivity contribution in [3.05, 3.63) is 57.4 Å². The van der Waals surface area contributed by atoms with Crippen molar-refractivity contribution >= 4 is 17.6 Å². The Bertz CT molecular complexity index is 792. The van der Waals surface area contributed by atoms with Gasteiger partial charge in [-0.3, -0.25) is 0 Å². The van der Waals surface area contributed by atoms with E-state index in [0.717, 1.165) is 22.5 Å². The molecular weight excluding hydrogens is 348 g/mol. The molecule has 0 amide bonds. The Morgan fingerprint density at radius 1 is 1.19 bits per heavy atom. The van der Waals surface area contributed by atoms with Gasteiger partial charge in [-0.15, -0.1) is 0 Å². The van der Waals surface area contributed by atoms with Crippen molar-refractivity contribution in [3.63, 3.8) is 0 Å². The predicted molar refractivity (Wildman–Crippen MR) is 105 cm³/mol. The minimum Gasteiger partial charge on any atom is -0.478 e. The van der Waals surface area contributed by atoms with Crippen LogP contribution in [-0.4, -0.2) is 21.7 Å². The van der Waals surface area contributed by atoms with Crippen molar-refractivity contribution in [3.8, 4) is 0 Å². The summed E-state index contributed by atoms with van der Waals surface area (Å²) in [6, 6.07) is 8.22. The third-order valence-electron chi connectivity index (χ3n) is 5.58. The first-order valence-electron chi connectivity index (χ1n) is 9.37. The molecule has 1 fully saturated rings. The normalized spacial score (nSPS) is 15.3. The summed E-state index contributed by atoms with van der Waals surface area (Å²) in [6.45, 7) is 5.08. The molecular formula is C21H27ClN2O2. The van der Waals surface area contributed by atoms with E-state index in [9.17, 15) is 9.90 Å². The van der Waals surface area contributed by atoms with E-state index in [-0.39, 0.29) is 0 Å². The number of carboxylic acid groups (broad SMARTS) is 1. The summed E-state index contributed by atoms with van der Waals surface area (Å²) in [6.07, 6.45) is 6.19. The number of benzene rings is 1. The van der Waals surface area contributed by atoms with Crippen LogP contribution in [0.15, 0.2) is 24.3 Å². The number of carboxylic acids is 1. The summed E-state index contributed by atoms with van der Waals surface area (Å²) >= 11 is 6.31. The Morgan fingerprint density at radius 2 is 1.88 bits per heavy atom. The van der Waals surface area contributed by atoms with Gasteiger partial charge in [0.1, 0.15) is 0 Å². The molecule has 1 saturated carbocycles. The van der Waals surface area contributed by atoms with E-state index in [0.29, 0.717) is 29.7 Å². The average Bonchev–Trinajstić information content (AvgIpc) is 2.87. The molecule has 3 rings (SSSR count). The zero-order valence-corrected chi connectivity index (χ0v) is 16.3. The molecule has 26 heavy (non-hydrogen) atoms. The largest absolute Gasteiger partial charge is 0.478 e. The fourth-order valence-electron chi connectivity index (χ4n) is 4.04. The molecule has 2 aromatic rings. The lowest BCUT2D eigenvalue weighted by atomic mass is 9.95. The number of hydrogen-bond donors (Lipinski definition) is 2.